The lowest BCUT2D eigenvalue weighted by atomic mass is 10.0. The molecule has 0 spiro atoms. The van der Waals surface area contributed by atoms with Gasteiger partial charge in [-0.1, -0.05) is 61.1 Å². The summed E-state index contributed by atoms with van der Waals surface area (Å²) in [6.07, 6.45) is 3.59. The van der Waals surface area contributed by atoms with Crippen molar-refractivity contribution in [2.45, 2.75) is 69.2 Å². The highest BCUT2D eigenvalue weighted by molar-refractivity contribution is 5.91. The zero-order chi connectivity index (χ0) is 22.4. The van der Waals surface area contributed by atoms with Crippen molar-refractivity contribution >= 4 is 5.97 Å². The van der Waals surface area contributed by atoms with Crippen LogP contribution in [0, 0.1) is 25.7 Å². The molecule has 0 bridgehead atoms. The van der Waals surface area contributed by atoms with Gasteiger partial charge in [0.25, 0.3) is 0 Å². The van der Waals surface area contributed by atoms with Crippen molar-refractivity contribution in [2.24, 2.45) is 11.8 Å². The van der Waals surface area contributed by atoms with E-state index in [4.69, 9.17) is 14.4 Å². The van der Waals surface area contributed by atoms with Gasteiger partial charge in [-0.2, -0.15) is 0 Å². The van der Waals surface area contributed by atoms with Gasteiger partial charge in [-0.05, 0) is 50.3 Å². The monoisotopic (exact) mass is 393 g/mol. The largest absolute Gasteiger partial charge is 0.466 e. The molecule has 0 amide bonds. The number of hydrogen-bond acceptors (Lipinski definition) is 5. The van der Waals surface area contributed by atoms with E-state index in [-0.39, 0.29) is 17.4 Å². The van der Waals surface area contributed by atoms with Gasteiger partial charge in [0.15, 0.2) is 5.76 Å². The lowest BCUT2D eigenvalue weighted by Crippen LogP contribution is -2.14. The molecule has 0 saturated carbocycles. The smallest absolute Gasteiger partial charge is 0.347 e. The molecule has 0 saturated heterocycles. The number of carbonyl (C=O) groups is 1. The average Bonchev–Trinajstić information content (AvgIpc) is 2.97. The van der Waals surface area contributed by atoms with Crippen molar-refractivity contribution < 1.29 is 19.2 Å². The normalized spacial score (nSPS) is 11.3. The molecule has 0 aliphatic carbocycles. The number of esters is 1. The molecule has 1 aromatic rings. The molecule has 2 N–H and O–H groups in total. The van der Waals surface area contributed by atoms with Gasteiger partial charge in [0.05, 0.1) is 5.70 Å². The molecule has 0 aliphatic heterocycles. The number of rotatable bonds is 6. The first-order valence-corrected chi connectivity index (χ1v) is 9.79. The Labute approximate surface area is 171 Å². The van der Waals surface area contributed by atoms with Crippen LogP contribution in [-0.2, 0) is 4.74 Å². The maximum atomic E-state index is 12.3. The van der Waals surface area contributed by atoms with E-state index in [1.165, 1.54) is 0 Å². The summed E-state index contributed by atoms with van der Waals surface area (Å²) in [4.78, 5) is 12.3. The van der Waals surface area contributed by atoms with Gasteiger partial charge in [0.2, 0.25) is 0 Å². The third kappa shape index (κ3) is 10.8. The van der Waals surface area contributed by atoms with Crippen LogP contribution in [0.3, 0.4) is 0 Å². The second-order valence-electron chi connectivity index (χ2n) is 6.99. The number of carbonyl (C=O) groups excluding carboxylic acids is 1. The Hall–Kier alpha value is -2.27. The summed E-state index contributed by atoms with van der Waals surface area (Å²) in [5.41, 5.74) is 3.33. The van der Waals surface area contributed by atoms with Crippen molar-refractivity contribution in [1.29, 1.82) is 0 Å². The van der Waals surface area contributed by atoms with E-state index in [0.29, 0.717) is 17.1 Å². The van der Waals surface area contributed by atoms with Gasteiger partial charge in [-0.25, -0.2) is 4.79 Å². The lowest BCUT2D eigenvalue weighted by Gasteiger charge is -2.13. The van der Waals surface area contributed by atoms with E-state index >= 15 is 0 Å². The molecule has 28 heavy (non-hydrogen) atoms. The average molecular weight is 394 g/mol. The Morgan fingerprint density at radius 2 is 1.71 bits per heavy atom. The van der Waals surface area contributed by atoms with Crippen LogP contribution in [-0.4, -0.2) is 11.2 Å². The zero-order valence-corrected chi connectivity index (χ0v) is 19.3. The summed E-state index contributed by atoms with van der Waals surface area (Å²) < 4.78 is 10.7. The maximum absolute atomic E-state index is 12.3. The van der Waals surface area contributed by atoms with Crippen LogP contribution in [0.4, 0.5) is 0 Å². The van der Waals surface area contributed by atoms with Crippen molar-refractivity contribution in [2.75, 3.05) is 0 Å². The first-order valence-electron chi connectivity index (χ1n) is 9.79. The molecule has 1 rings (SSSR count). The van der Waals surface area contributed by atoms with Gasteiger partial charge < -0.3 is 9.15 Å². The predicted octanol–water partition coefficient (Wildman–Crippen LogP) is 6.72. The van der Waals surface area contributed by atoms with Crippen LogP contribution in [0.1, 0.15) is 77.3 Å². The molecule has 0 radical (unpaired) electrons. The quantitative estimate of drug-likeness (QED) is 0.243. The highest BCUT2D eigenvalue weighted by Crippen LogP contribution is 2.21. The van der Waals surface area contributed by atoms with Crippen molar-refractivity contribution in [3.05, 3.63) is 58.9 Å². The van der Waals surface area contributed by atoms with Crippen LogP contribution in [0.5, 0.6) is 0 Å². The predicted molar refractivity (Wildman–Crippen MR) is 116 cm³/mol. The van der Waals surface area contributed by atoms with Crippen LogP contribution in [0.25, 0.3) is 0 Å². The second kappa shape index (κ2) is 14.7. The lowest BCUT2D eigenvalue weighted by molar-refractivity contribution is 0.0615. The van der Waals surface area contributed by atoms with Gasteiger partial charge in [0, 0.05) is 0 Å². The van der Waals surface area contributed by atoms with Crippen molar-refractivity contribution in [3.63, 3.8) is 0 Å². The Balaban J connectivity index is 0. The number of ether oxygens (including phenoxy) is 1. The molecule has 1 aromatic heterocycles. The van der Waals surface area contributed by atoms with E-state index in [1.807, 2.05) is 46.2 Å². The van der Waals surface area contributed by atoms with Gasteiger partial charge in [-0.15, -0.1) is 0 Å². The fraction of sp³-hybridized carbons (Fsp3) is 0.522. The number of hydrogen-bond donors (Lipinski definition) is 2. The molecule has 5 heteroatoms. The summed E-state index contributed by atoms with van der Waals surface area (Å²) in [7, 11) is 0. The molecule has 0 fully saturated rings. The van der Waals surface area contributed by atoms with Crippen LogP contribution in [0.15, 0.2) is 46.2 Å². The van der Waals surface area contributed by atoms with E-state index in [9.17, 15) is 4.79 Å². The SMILES string of the molecule is C=C(NO)/C(=C\C(=C/C)C(C)C)OC(=O)c1cc(C)oc1C.CC.CC(C)C. The van der Waals surface area contributed by atoms with Gasteiger partial charge in [0.1, 0.15) is 17.1 Å². The third-order valence-corrected chi connectivity index (χ3v) is 3.19. The number of hydroxylamine groups is 1. The zero-order valence-electron chi connectivity index (χ0n) is 19.3. The standard InChI is InChI=1S/C17H23NO4.C4H10.C2H6/c1-7-14(10(2)3)9-16(12(5)18-20)22-17(19)15-8-11(4)21-13(15)6;1-4(2)3;1-2/h7-10,18,20H,5H2,1-4,6H3;4H,1-3H3;1-2H3/b14-7+,16-9+;;. The van der Waals surface area contributed by atoms with E-state index < -0.39 is 5.97 Å². The van der Waals surface area contributed by atoms with Crippen LogP contribution < -0.4 is 5.48 Å². The topological polar surface area (TPSA) is 71.7 Å². The molecular formula is C23H39NO4. The second-order valence-corrected chi connectivity index (χ2v) is 6.99. The molecule has 0 unspecified atom stereocenters. The minimum absolute atomic E-state index is 0.103. The van der Waals surface area contributed by atoms with Gasteiger partial charge >= 0.3 is 5.97 Å². The summed E-state index contributed by atoms with van der Waals surface area (Å²) in [6, 6.07) is 1.61. The first-order chi connectivity index (χ1) is 13.0. The highest BCUT2D eigenvalue weighted by Gasteiger charge is 2.18. The fourth-order valence-electron chi connectivity index (χ4n) is 1.96. The molecular weight excluding hydrogens is 354 g/mol. The van der Waals surface area contributed by atoms with Crippen molar-refractivity contribution in [1.82, 2.24) is 5.48 Å². The first kappa shape index (κ1) is 27.9. The summed E-state index contributed by atoms with van der Waals surface area (Å²) in [6.45, 7) is 23.5. The molecule has 1 heterocycles. The molecule has 0 aromatic carbocycles. The van der Waals surface area contributed by atoms with Crippen LogP contribution >= 0.6 is 0 Å². The Bertz CT molecular complexity index is 661. The van der Waals surface area contributed by atoms with Crippen LogP contribution in [0.2, 0.25) is 0 Å². The molecule has 0 aliphatic rings. The molecule has 160 valence electrons. The Kier molecular flexibility index (Phi) is 14.7. The summed E-state index contributed by atoms with van der Waals surface area (Å²) >= 11 is 0. The number of furan rings is 1. The minimum Gasteiger partial charge on any atom is -0.466 e. The minimum atomic E-state index is -0.559. The van der Waals surface area contributed by atoms with E-state index in [0.717, 1.165) is 11.5 Å². The van der Waals surface area contributed by atoms with Crippen molar-refractivity contribution in [3.8, 4) is 0 Å². The number of aryl methyl sites for hydroxylation is 2. The molecule has 0 atom stereocenters. The maximum Gasteiger partial charge on any atom is 0.347 e. The Morgan fingerprint density at radius 1 is 1.21 bits per heavy atom. The van der Waals surface area contributed by atoms with E-state index in [1.54, 1.807) is 26.0 Å². The summed E-state index contributed by atoms with van der Waals surface area (Å²) in [5.74, 6) is 1.79. The van der Waals surface area contributed by atoms with E-state index in [2.05, 4.69) is 27.4 Å². The fourth-order valence-corrected chi connectivity index (χ4v) is 1.96. The Morgan fingerprint density at radius 3 is 2.04 bits per heavy atom. The summed E-state index contributed by atoms with van der Waals surface area (Å²) in [5, 5.41) is 9.05. The number of allylic oxidation sites excluding steroid dienone is 3. The molecule has 5 nitrogen and oxygen atoms in total. The highest BCUT2D eigenvalue weighted by atomic mass is 16.5. The van der Waals surface area contributed by atoms with Gasteiger partial charge in [-0.3, -0.25) is 10.7 Å². The third-order valence-electron chi connectivity index (χ3n) is 3.19. The number of nitrogens with one attached hydrogen (secondary N) is 1.